The van der Waals surface area contributed by atoms with E-state index in [4.69, 9.17) is 4.74 Å². The molecule has 1 heterocycles. The molecule has 0 aliphatic carbocycles. The molecule has 2 aromatic rings. The molecule has 0 spiro atoms. The Labute approximate surface area is 146 Å². The second-order valence-corrected chi connectivity index (χ2v) is 6.07. The highest BCUT2D eigenvalue weighted by Crippen LogP contribution is 2.24. The fourth-order valence-corrected chi connectivity index (χ4v) is 2.97. The quantitative estimate of drug-likeness (QED) is 0.634. The van der Waals surface area contributed by atoms with Gasteiger partial charge >= 0.3 is 5.97 Å². The van der Waals surface area contributed by atoms with E-state index < -0.39 is 23.7 Å². The number of fused-ring (bicyclic) bond motifs is 1. The SMILES string of the molecule is CC(=O)C(=O)N1Cc2ccccc2CC1C(=O)OCc1ccccc1. The largest absolute Gasteiger partial charge is 0.459 e. The molecule has 3 rings (SSSR count). The molecule has 2 aromatic carbocycles. The van der Waals surface area contributed by atoms with Crippen LogP contribution >= 0.6 is 0 Å². The lowest BCUT2D eigenvalue weighted by molar-refractivity contribution is -0.159. The van der Waals surface area contributed by atoms with E-state index in [1.165, 1.54) is 11.8 Å². The van der Waals surface area contributed by atoms with Gasteiger partial charge in [-0.2, -0.15) is 0 Å². The Bertz CT molecular complexity index is 800. The van der Waals surface area contributed by atoms with E-state index in [9.17, 15) is 14.4 Å². The van der Waals surface area contributed by atoms with E-state index in [1.807, 2.05) is 54.6 Å². The summed E-state index contributed by atoms with van der Waals surface area (Å²) in [6, 6.07) is 16.2. The van der Waals surface area contributed by atoms with Gasteiger partial charge in [0, 0.05) is 19.9 Å². The molecule has 1 atom stereocenters. The van der Waals surface area contributed by atoms with Gasteiger partial charge in [-0.3, -0.25) is 9.59 Å². The van der Waals surface area contributed by atoms with Crippen molar-refractivity contribution in [3.63, 3.8) is 0 Å². The van der Waals surface area contributed by atoms with Gasteiger partial charge in [-0.1, -0.05) is 54.6 Å². The summed E-state index contributed by atoms with van der Waals surface area (Å²) in [5, 5.41) is 0. The van der Waals surface area contributed by atoms with Crippen molar-refractivity contribution in [3.8, 4) is 0 Å². The van der Waals surface area contributed by atoms with Crippen LogP contribution < -0.4 is 0 Å². The van der Waals surface area contributed by atoms with Crippen LogP contribution in [0.15, 0.2) is 54.6 Å². The third kappa shape index (κ3) is 3.76. The highest BCUT2D eigenvalue weighted by Gasteiger charge is 2.36. The van der Waals surface area contributed by atoms with Crippen LogP contribution in [0.1, 0.15) is 23.6 Å². The normalized spacial score (nSPS) is 16.0. The molecule has 0 bridgehead atoms. The van der Waals surface area contributed by atoms with Crippen LogP contribution in [-0.2, 0) is 38.7 Å². The van der Waals surface area contributed by atoms with E-state index >= 15 is 0 Å². The molecule has 1 aliphatic heterocycles. The molecular formula is C20H19NO4. The molecule has 0 radical (unpaired) electrons. The summed E-state index contributed by atoms with van der Waals surface area (Å²) in [6.45, 7) is 1.59. The fraction of sp³-hybridized carbons (Fsp3) is 0.250. The molecule has 0 N–H and O–H groups in total. The summed E-state index contributed by atoms with van der Waals surface area (Å²) in [5.41, 5.74) is 2.82. The van der Waals surface area contributed by atoms with E-state index in [1.54, 1.807) is 0 Å². The van der Waals surface area contributed by atoms with E-state index in [-0.39, 0.29) is 13.2 Å². The van der Waals surface area contributed by atoms with Crippen molar-refractivity contribution in [1.82, 2.24) is 4.90 Å². The number of carbonyl (C=O) groups is 3. The lowest BCUT2D eigenvalue weighted by Gasteiger charge is -2.34. The van der Waals surface area contributed by atoms with Crippen LogP contribution in [-0.4, -0.2) is 28.6 Å². The predicted molar refractivity (Wildman–Crippen MR) is 91.4 cm³/mol. The number of ether oxygens (including phenoxy) is 1. The van der Waals surface area contributed by atoms with Crippen molar-refractivity contribution in [2.75, 3.05) is 0 Å². The fourth-order valence-electron chi connectivity index (χ4n) is 2.97. The predicted octanol–water partition coefficient (Wildman–Crippen LogP) is 2.27. The first-order valence-corrected chi connectivity index (χ1v) is 8.15. The maximum atomic E-state index is 12.6. The average molecular weight is 337 g/mol. The van der Waals surface area contributed by atoms with Crippen LogP contribution in [0.5, 0.6) is 0 Å². The maximum absolute atomic E-state index is 12.6. The number of hydrogen-bond donors (Lipinski definition) is 0. The Morgan fingerprint density at radius 3 is 2.32 bits per heavy atom. The zero-order valence-electron chi connectivity index (χ0n) is 14.0. The summed E-state index contributed by atoms with van der Waals surface area (Å²) in [5.74, 6) is -1.73. The molecule has 0 aromatic heterocycles. The Morgan fingerprint density at radius 1 is 1.00 bits per heavy atom. The molecule has 5 nitrogen and oxygen atoms in total. The molecule has 0 saturated carbocycles. The topological polar surface area (TPSA) is 63.7 Å². The van der Waals surface area contributed by atoms with Gasteiger partial charge in [0.15, 0.2) is 0 Å². The monoisotopic (exact) mass is 337 g/mol. The average Bonchev–Trinajstić information content (AvgIpc) is 2.65. The number of ketones is 1. The number of nitrogens with zero attached hydrogens (tertiary/aromatic N) is 1. The van der Waals surface area contributed by atoms with Crippen molar-refractivity contribution in [2.24, 2.45) is 0 Å². The number of rotatable bonds is 4. The van der Waals surface area contributed by atoms with Crippen molar-refractivity contribution in [2.45, 2.75) is 32.5 Å². The first kappa shape index (κ1) is 16.9. The molecule has 1 amide bonds. The van der Waals surface area contributed by atoms with E-state index in [0.717, 1.165) is 16.7 Å². The number of carbonyl (C=O) groups excluding carboxylic acids is 3. The first-order chi connectivity index (χ1) is 12.1. The second-order valence-electron chi connectivity index (χ2n) is 6.07. The van der Waals surface area contributed by atoms with Crippen molar-refractivity contribution >= 4 is 17.7 Å². The number of hydrogen-bond acceptors (Lipinski definition) is 4. The second kappa shape index (κ2) is 7.30. The molecule has 1 aliphatic rings. The molecular weight excluding hydrogens is 318 g/mol. The Morgan fingerprint density at radius 2 is 1.64 bits per heavy atom. The lowest BCUT2D eigenvalue weighted by atomic mass is 9.93. The lowest BCUT2D eigenvalue weighted by Crippen LogP contribution is -2.51. The number of amides is 1. The Balaban J connectivity index is 1.79. The highest BCUT2D eigenvalue weighted by molar-refractivity contribution is 6.35. The summed E-state index contributed by atoms with van der Waals surface area (Å²) in [6.07, 6.45) is 0.350. The summed E-state index contributed by atoms with van der Waals surface area (Å²) in [4.78, 5) is 37.7. The van der Waals surface area contributed by atoms with Crippen molar-refractivity contribution in [1.29, 1.82) is 0 Å². The molecule has 1 unspecified atom stereocenters. The van der Waals surface area contributed by atoms with Crippen molar-refractivity contribution in [3.05, 3.63) is 71.3 Å². The summed E-state index contributed by atoms with van der Waals surface area (Å²) in [7, 11) is 0. The van der Waals surface area contributed by atoms with Gasteiger partial charge in [-0.25, -0.2) is 4.79 Å². The van der Waals surface area contributed by atoms with Crippen LogP contribution in [0.2, 0.25) is 0 Å². The van der Waals surface area contributed by atoms with E-state index in [2.05, 4.69) is 0 Å². The highest BCUT2D eigenvalue weighted by atomic mass is 16.5. The standard InChI is InChI=1S/C20H19NO4/c1-14(22)19(23)21-12-17-10-6-5-9-16(17)11-18(21)20(24)25-13-15-7-3-2-4-8-15/h2-10,18H,11-13H2,1H3. The molecule has 128 valence electrons. The number of Topliss-reactive ketones (excluding diaryl/α,β-unsaturated/α-hetero) is 1. The van der Waals surface area contributed by atoms with Gasteiger partial charge in [0.2, 0.25) is 5.78 Å². The van der Waals surface area contributed by atoms with Crippen LogP contribution in [0.4, 0.5) is 0 Å². The Hall–Kier alpha value is -2.95. The number of benzene rings is 2. The Kier molecular flexibility index (Phi) is 4.93. The van der Waals surface area contributed by atoms with Gasteiger partial charge in [0.05, 0.1) is 0 Å². The molecule has 0 saturated heterocycles. The minimum absolute atomic E-state index is 0.139. The molecule has 0 fully saturated rings. The van der Waals surface area contributed by atoms with Crippen molar-refractivity contribution < 1.29 is 19.1 Å². The van der Waals surface area contributed by atoms with Gasteiger partial charge in [-0.05, 0) is 16.7 Å². The van der Waals surface area contributed by atoms with Gasteiger partial charge in [0.1, 0.15) is 12.6 Å². The molecule has 5 heteroatoms. The minimum Gasteiger partial charge on any atom is -0.459 e. The van der Waals surface area contributed by atoms with Crippen LogP contribution in [0, 0.1) is 0 Å². The van der Waals surface area contributed by atoms with E-state index in [0.29, 0.717) is 6.42 Å². The maximum Gasteiger partial charge on any atom is 0.329 e. The van der Waals surface area contributed by atoms with Crippen LogP contribution in [0.25, 0.3) is 0 Å². The third-order valence-corrected chi connectivity index (χ3v) is 4.31. The third-order valence-electron chi connectivity index (χ3n) is 4.31. The summed E-state index contributed by atoms with van der Waals surface area (Å²) >= 11 is 0. The van der Waals surface area contributed by atoms with Gasteiger partial charge in [-0.15, -0.1) is 0 Å². The van der Waals surface area contributed by atoms with Gasteiger partial charge < -0.3 is 9.64 Å². The zero-order valence-corrected chi connectivity index (χ0v) is 14.0. The van der Waals surface area contributed by atoms with Crippen LogP contribution in [0.3, 0.4) is 0 Å². The summed E-state index contributed by atoms with van der Waals surface area (Å²) < 4.78 is 5.40. The minimum atomic E-state index is -0.782. The molecule has 25 heavy (non-hydrogen) atoms. The zero-order chi connectivity index (χ0) is 17.8. The first-order valence-electron chi connectivity index (χ1n) is 8.15. The smallest absolute Gasteiger partial charge is 0.329 e. The van der Waals surface area contributed by atoms with Gasteiger partial charge in [0.25, 0.3) is 5.91 Å². The number of esters is 1.